The Labute approximate surface area is 142 Å². The van der Waals surface area contributed by atoms with Crippen molar-refractivity contribution in [1.29, 1.82) is 0 Å². The molecule has 0 N–H and O–H groups in total. The molecule has 0 amide bonds. The summed E-state index contributed by atoms with van der Waals surface area (Å²) in [6, 6.07) is 19.9. The molecule has 1 heteroatoms. The molecule has 0 aliphatic carbocycles. The van der Waals surface area contributed by atoms with Crippen LogP contribution in [0.25, 0.3) is 32.3 Å². The second-order valence-corrected chi connectivity index (χ2v) is 7.06. The van der Waals surface area contributed by atoms with Crippen LogP contribution in [-0.4, -0.2) is 5.78 Å². The molecule has 0 aliphatic heterocycles. The van der Waals surface area contributed by atoms with Gasteiger partial charge in [-0.3, -0.25) is 4.79 Å². The van der Waals surface area contributed by atoms with Crippen molar-refractivity contribution >= 4 is 38.1 Å². The van der Waals surface area contributed by atoms with E-state index in [1.165, 1.54) is 37.9 Å². The first-order chi connectivity index (χ1) is 11.6. The zero-order valence-corrected chi connectivity index (χ0v) is 14.3. The Morgan fingerprint density at radius 3 is 2.29 bits per heavy atom. The van der Waals surface area contributed by atoms with Crippen LogP contribution in [0.2, 0.25) is 0 Å². The third-order valence-electron chi connectivity index (χ3n) is 5.11. The lowest BCUT2D eigenvalue weighted by atomic mass is 9.89. The highest BCUT2D eigenvalue weighted by Crippen LogP contribution is 2.36. The highest BCUT2D eigenvalue weighted by molar-refractivity contribution is 6.23. The average Bonchev–Trinajstić information content (AvgIpc) is 2.60. The molecule has 0 bridgehead atoms. The number of carbonyl (C=O) groups excluding carboxylic acids is 1. The Balaban J connectivity index is 1.82. The normalized spacial score (nSPS) is 12.0. The number of carbonyl (C=O) groups is 1. The summed E-state index contributed by atoms with van der Waals surface area (Å²) in [4.78, 5) is 11.9. The summed E-state index contributed by atoms with van der Waals surface area (Å²) in [5, 5.41) is 8.00. The fraction of sp³-hybridized carbons (Fsp3) is 0.261. The number of Topliss-reactive ketones (excluding diaryl/α,β-unsaturated/α-hetero) is 1. The van der Waals surface area contributed by atoms with Crippen molar-refractivity contribution in [2.75, 3.05) is 0 Å². The summed E-state index contributed by atoms with van der Waals surface area (Å²) in [7, 11) is 0. The molecule has 0 aliphatic rings. The highest BCUT2D eigenvalue weighted by atomic mass is 16.1. The van der Waals surface area contributed by atoms with Crippen LogP contribution < -0.4 is 0 Å². The van der Waals surface area contributed by atoms with E-state index in [0.29, 0.717) is 12.2 Å². The van der Waals surface area contributed by atoms with Gasteiger partial charge in [-0.25, -0.2) is 0 Å². The molecule has 1 nitrogen and oxygen atoms in total. The molecule has 4 aromatic rings. The smallest absolute Gasteiger partial charge is 0.135 e. The Hall–Kier alpha value is -2.41. The molecular formula is C23H22O. The van der Waals surface area contributed by atoms with Gasteiger partial charge in [-0.2, -0.15) is 0 Å². The summed E-state index contributed by atoms with van der Waals surface area (Å²) in [5.74, 6) is 0.510. The predicted octanol–water partition coefficient (Wildman–Crippen LogP) is 6.13. The monoisotopic (exact) mass is 314 g/mol. The van der Waals surface area contributed by atoms with Gasteiger partial charge in [0.2, 0.25) is 0 Å². The Morgan fingerprint density at radius 1 is 0.875 bits per heavy atom. The second-order valence-electron chi connectivity index (χ2n) is 7.06. The summed E-state index contributed by atoms with van der Waals surface area (Å²) in [5.41, 5.74) is 1.36. The van der Waals surface area contributed by atoms with Gasteiger partial charge in [-0.15, -0.1) is 0 Å². The van der Waals surface area contributed by atoms with Crippen LogP contribution in [0.1, 0.15) is 32.3 Å². The number of hydrogen-bond acceptors (Lipinski definition) is 1. The van der Waals surface area contributed by atoms with Gasteiger partial charge in [0.1, 0.15) is 5.78 Å². The largest absolute Gasteiger partial charge is 0.299 e. The summed E-state index contributed by atoms with van der Waals surface area (Å²) in [6.45, 7) is 3.97. The maximum absolute atomic E-state index is 11.9. The second kappa shape index (κ2) is 5.90. The minimum absolute atomic E-state index is 0.142. The van der Waals surface area contributed by atoms with Crippen LogP contribution in [-0.2, 0) is 11.2 Å². The van der Waals surface area contributed by atoms with E-state index in [1.54, 1.807) is 0 Å². The first-order valence-corrected chi connectivity index (χ1v) is 8.83. The molecule has 0 unspecified atom stereocenters. The number of aryl methyl sites for hydroxylation is 1. The summed E-state index contributed by atoms with van der Waals surface area (Å²) >= 11 is 0. The van der Waals surface area contributed by atoms with Crippen molar-refractivity contribution in [1.82, 2.24) is 0 Å². The van der Waals surface area contributed by atoms with Crippen molar-refractivity contribution in [3.63, 3.8) is 0 Å². The molecule has 0 atom stereocenters. The third kappa shape index (κ3) is 2.45. The van der Waals surface area contributed by atoms with Crippen molar-refractivity contribution in [2.45, 2.75) is 33.1 Å². The number of hydrogen-bond donors (Lipinski definition) is 0. The lowest BCUT2D eigenvalue weighted by Gasteiger charge is -2.14. The van der Waals surface area contributed by atoms with E-state index in [1.807, 2.05) is 13.8 Å². The number of benzene rings is 4. The van der Waals surface area contributed by atoms with Gasteiger partial charge in [-0.1, -0.05) is 68.4 Å². The molecule has 4 aromatic carbocycles. The Morgan fingerprint density at radius 2 is 1.54 bits per heavy atom. The molecular weight excluding hydrogens is 292 g/mol. The van der Waals surface area contributed by atoms with E-state index in [2.05, 4.69) is 54.6 Å². The minimum Gasteiger partial charge on any atom is -0.299 e. The molecule has 0 heterocycles. The van der Waals surface area contributed by atoms with E-state index >= 15 is 0 Å². The molecule has 24 heavy (non-hydrogen) atoms. The van der Waals surface area contributed by atoms with Gasteiger partial charge in [0, 0.05) is 12.3 Å². The van der Waals surface area contributed by atoms with Crippen LogP contribution in [0.5, 0.6) is 0 Å². The van der Waals surface area contributed by atoms with Gasteiger partial charge in [0.25, 0.3) is 0 Å². The molecule has 0 aromatic heterocycles. The SMILES string of the molecule is CC(C)C(=O)CCCc1cc2cccc3ccc4cccc1c4c32. The fourth-order valence-electron chi connectivity index (χ4n) is 3.79. The zero-order valence-electron chi connectivity index (χ0n) is 14.3. The van der Waals surface area contributed by atoms with E-state index in [9.17, 15) is 4.79 Å². The molecule has 120 valence electrons. The van der Waals surface area contributed by atoms with E-state index in [-0.39, 0.29) is 5.92 Å². The zero-order chi connectivity index (χ0) is 16.7. The average molecular weight is 314 g/mol. The summed E-state index contributed by atoms with van der Waals surface area (Å²) < 4.78 is 0. The van der Waals surface area contributed by atoms with Gasteiger partial charge in [0.05, 0.1) is 0 Å². The Kier molecular flexibility index (Phi) is 3.72. The number of ketones is 1. The minimum atomic E-state index is 0.142. The molecule has 0 spiro atoms. The topological polar surface area (TPSA) is 17.1 Å². The first-order valence-electron chi connectivity index (χ1n) is 8.83. The van der Waals surface area contributed by atoms with Gasteiger partial charge < -0.3 is 0 Å². The van der Waals surface area contributed by atoms with Crippen molar-refractivity contribution in [2.24, 2.45) is 5.92 Å². The third-order valence-corrected chi connectivity index (χ3v) is 5.11. The maximum Gasteiger partial charge on any atom is 0.135 e. The lowest BCUT2D eigenvalue weighted by Crippen LogP contribution is -2.06. The highest BCUT2D eigenvalue weighted by Gasteiger charge is 2.12. The van der Waals surface area contributed by atoms with E-state index < -0.39 is 0 Å². The number of rotatable bonds is 5. The van der Waals surface area contributed by atoms with Gasteiger partial charge in [-0.05, 0) is 50.7 Å². The van der Waals surface area contributed by atoms with Crippen LogP contribution >= 0.6 is 0 Å². The lowest BCUT2D eigenvalue weighted by molar-refractivity contribution is -0.121. The molecule has 0 radical (unpaired) electrons. The molecule has 0 saturated heterocycles. The Bertz CT molecular complexity index is 1030. The van der Waals surface area contributed by atoms with Crippen LogP contribution in [0.15, 0.2) is 54.6 Å². The summed E-state index contributed by atoms with van der Waals surface area (Å²) in [6.07, 6.45) is 2.57. The van der Waals surface area contributed by atoms with Crippen LogP contribution in [0.4, 0.5) is 0 Å². The standard InChI is InChI=1S/C23H22O/c1-15(2)21(24)11-5-8-18-14-19-9-3-6-16-12-13-17-7-4-10-20(18)23(17)22(16)19/h3-4,6-7,9-10,12-15H,5,8,11H2,1-2H3. The van der Waals surface area contributed by atoms with Crippen molar-refractivity contribution < 1.29 is 4.79 Å². The predicted molar refractivity (Wildman–Crippen MR) is 103 cm³/mol. The van der Waals surface area contributed by atoms with Gasteiger partial charge in [0.15, 0.2) is 0 Å². The van der Waals surface area contributed by atoms with E-state index in [4.69, 9.17) is 0 Å². The van der Waals surface area contributed by atoms with Gasteiger partial charge >= 0.3 is 0 Å². The molecule has 0 fully saturated rings. The van der Waals surface area contributed by atoms with Crippen LogP contribution in [0.3, 0.4) is 0 Å². The molecule has 4 rings (SSSR count). The molecule has 0 saturated carbocycles. The van der Waals surface area contributed by atoms with Crippen LogP contribution in [0, 0.1) is 5.92 Å². The quantitative estimate of drug-likeness (QED) is 0.405. The van der Waals surface area contributed by atoms with Crippen molar-refractivity contribution in [3.05, 3.63) is 60.2 Å². The van der Waals surface area contributed by atoms with Crippen molar-refractivity contribution in [3.8, 4) is 0 Å². The first kappa shape index (κ1) is 15.1. The fourth-order valence-corrected chi connectivity index (χ4v) is 3.79. The maximum atomic E-state index is 11.9. The van der Waals surface area contributed by atoms with E-state index in [0.717, 1.165) is 12.8 Å².